The summed E-state index contributed by atoms with van der Waals surface area (Å²) in [6, 6.07) is 9.52. The number of fused-ring (bicyclic) bond motifs is 1. The number of hydrogen-bond acceptors (Lipinski definition) is 5. The fraction of sp³-hybridized carbons (Fsp3) is 0.278. The van der Waals surface area contributed by atoms with Crippen LogP contribution in [0.4, 0.5) is 0 Å². The molecule has 5 nitrogen and oxygen atoms in total. The summed E-state index contributed by atoms with van der Waals surface area (Å²) in [5.74, 6) is 0.703. The van der Waals surface area contributed by atoms with Crippen LogP contribution in [0.3, 0.4) is 0 Å². The van der Waals surface area contributed by atoms with E-state index in [1.165, 1.54) is 0 Å². The van der Waals surface area contributed by atoms with Crippen LogP contribution in [0.5, 0.6) is 5.88 Å². The van der Waals surface area contributed by atoms with Crippen molar-refractivity contribution in [3.05, 3.63) is 42.1 Å². The van der Waals surface area contributed by atoms with Crippen LogP contribution in [-0.4, -0.2) is 41.0 Å². The van der Waals surface area contributed by atoms with Gasteiger partial charge in [-0.3, -0.25) is 4.79 Å². The van der Waals surface area contributed by atoms with E-state index >= 15 is 0 Å². The van der Waals surface area contributed by atoms with E-state index in [9.17, 15) is 4.79 Å². The third-order valence-electron chi connectivity index (χ3n) is 4.22. The molecule has 1 aromatic carbocycles. The van der Waals surface area contributed by atoms with Crippen molar-refractivity contribution >= 4 is 27.5 Å². The third-order valence-corrected chi connectivity index (χ3v) is 5.29. The van der Waals surface area contributed by atoms with Crippen molar-refractivity contribution in [3.8, 4) is 16.5 Å². The molecule has 1 fully saturated rings. The van der Waals surface area contributed by atoms with Crippen molar-refractivity contribution in [3.63, 3.8) is 0 Å². The number of carbonyl (C=O) groups is 1. The van der Waals surface area contributed by atoms with Gasteiger partial charge in [0.15, 0.2) is 0 Å². The Bertz CT molecular complexity index is 883. The third kappa shape index (κ3) is 2.73. The first kappa shape index (κ1) is 15.1. The lowest BCUT2D eigenvalue weighted by Crippen LogP contribution is -2.27. The molecule has 0 spiro atoms. The normalized spacial score (nSPS) is 14.3. The molecule has 0 radical (unpaired) electrons. The molecule has 1 amide bonds. The molecule has 0 aliphatic carbocycles. The number of thiazole rings is 1. The second-order valence-electron chi connectivity index (χ2n) is 5.79. The quantitative estimate of drug-likeness (QED) is 0.731. The molecule has 4 rings (SSSR count). The Hall–Kier alpha value is -2.47. The minimum atomic E-state index is 0.121. The average Bonchev–Trinajstić information content (AvgIpc) is 3.30. The predicted octanol–water partition coefficient (Wildman–Crippen LogP) is 3.60. The molecule has 3 heterocycles. The number of methoxy groups -OCH3 is 1. The highest BCUT2D eigenvalue weighted by Crippen LogP contribution is 2.31. The number of ether oxygens (including phenoxy) is 1. The fourth-order valence-electron chi connectivity index (χ4n) is 2.91. The molecule has 0 N–H and O–H groups in total. The number of aromatic nitrogens is 2. The summed E-state index contributed by atoms with van der Waals surface area (Å²) in [6.45, 7) is 1.73. The molecule has 3 aromatic rings. The number of hydrogen-bond donors (Lipinski definition) is 0. The maximum Gasteiger partial charge on any atom is 0.253 e. The van der Waals surface area contributed by atoms with Gasteiger partial charge in [0, 0.05) is 36.5 Å². The van der Waals surface area contributed by atoms with E-state index in [-0.39, 0.29) is 5.91 Å². The minimum absolute atomic E-state index is 0.121. The molecule has 0 saturated carbocycles. The maximum atomic E-state index is 12.5. The highest BCUT2D eigenvalue weighted by Gasteiger charge is 2.20. The SMILES string of the molecule is COc1ccc(-c2nc3ccc(C(=O)N4CCCC4)cc3s2)cn1. The van der Waals surface area contributed by atoms with Crippen LogP contribution in [-0.2, 0) is 0 Å². The minimum Gasteiger partial charge on any atom is -0.481 e. The fourth-order valence-corrected chi connectivity index (χ4v) is 3.91. The van der Waals surface area contributed by atoms with Crippen LogP contribution in [0.2, 0.25) is 0 Å². The van der Waals surface area contributed by atoms with Gasteiger partial charge >= 0.3 is 0 Å². The Morgan fingerprint density at radius 3 is 2.75 bits per heavy atom. The monoisotopic (exact) mass is 339 g/mol. The van der Waals surface area contributed by atoms with E-state index < -0.39 is 0 Å². The van der Waals surface area contributed by atoms with Crippen molar-refractivity contribution in [1.82, 2.24) is 14.9 Å². The first-order valence-corrected chi connectivity index (χ1v) is 8.76. The highest BCUT2D eigenvalue weighted by atomic mass is 32.1. The molecule has 6 heteroatoms. The van der Waals surface area contributed by atoms with E-state index in [2.05, 4.69) is 9.97 Å². The number of nitrogens with zero attached hydrogens (tertiary/aromatic N) is 3. The topological polar surface area (TPSA) is 55.3 Å². The zero-order chi connectivity index (χ0) is 16.5. The summed E-state index contributed by atoms with van der Waals surface area (Å²) >= 11 is 1.58. The van der Waals surface area contributed by atoms with Gasteiger partial charge < -0.3 is 9.64 Å². The van der Waals surface area contributed by atoms with Gasteiger partial charge in [-0.15, -0.1) is 11.3 Å². The Balaban J connectivity index is 1.66. The summed E-state index contributed by atoms with van der Waals surface area (Å²) in [5.41, 5.74) is 2.60. The second-order valence-corrected chi connectivity index (χ2v) is 6.82. The first-order chi connectivity index (χ1) is 11.7. The van der Waals surface area contributed by atoms with Gasteiger partial charge in [-0.1, -0.05) is 0 Å². The van der Waals surface area contributed by atoms with Crippen LogP contribution in [0.25, 0.3) is 20.8 Å². The summed E-state index contributed by atoms with van der Waals surface area (Å²) in [7, 11) is 1.60. The number of carbonyl (C=O) groups excluding carboxylic acids is 1. The van der Waals surface area contributed by atoms with Crippen molar-refractivity contribution in [2.24, 2.45) is 0 Å². The number of rotatable bonds is 3. The second kappa shape index (κ2) is 6.20. The molecule has 0 bridgehead atoms. The van der Waals surface area contributed by atoms with Crippen LogP contribution in [0, 0.1) is 0 Å². The van der Waals surface area contributed by atoms with Crippen LogP contribution < -0.4 is 4.74 Å². The lowest BCUT2D eigenvalue weighted by atomic mass is 10.2. The van der Waals surface area contributed by atoms with Gasteiger partial charge in [-0.2, -0.15) is 0 Å². The number of amides is 1. The van der Waals surface area contributed by atoms with Crippen LogP contribution in [0.15, 0.2) is 36.5 Å². The van der Waals surface area contributed by atoms with Crippen molar-refractivity contribution < 1.29 is 9.53 Å². The van der Waals surface area contributed by atoms with E-state index in [1.807, 2.05) is 35.2 Å². The van der Waals surface area contributed by atoms with Gasteiger partial charge in [-0.25, -0.2) is 9.97 Å². The van der Waals surface area contributed by atoms with E-state index in [4.69, 9.17) is 4.74 Å². The number of benzene rings is 1. The molecule has 122 valence electrons. The lowest BCUT2D eigenvalue weighted by molar-refractivity contribution is 0.0793. The Kier molecular flexibility index (Phi) is 3.90. The predicted molar refractivity (Wildman–Crippen MR) is 94.5 cm³/mol. The molecule has 2 aromatic heterocycles. The summed E-state index contributed by atoms with van der Waals surface area (Å²) in [6.07, 6.45) is 3.96. The molecule has 0 unspecified atom stereocenters. The summed E-state index contributed by atoms with van der Waals surface area (Å²) in [5, 5.41) is 0.894. The standard InChI is InChI=1S/C18H17N3O2S/c1-23-16-7-5-13(11-19-16)17-20-14-6-4-12(10-15(14)24-17)18(22)21-8-2-3-9-21/h4-7,10-11H,2-3,8-9H2,1H3. The largest absolute Gasteiger partial charge is 0.481 e. The highest BCUT2D eigenvalue weighted by molar-refractivity contribution is 7.21. The van der Waals surface area contributed by atoms with Gasteiger partial charge in [-0.05, 0) is 37.1 Å². The Morgan fingerprint density at radius 2 is 2.04 bits per heavy atom. The zero-order valence-corrected chi connectivity index (χ0v) is 14.2. The summed E-state index contributed by atoms with van der Waals surface area (Å²) in [4.78, 5) is 23.3. The van der Waals surface area contributed by atoms with E-state index in [0.29, 0.717) is 5.88 Å². The molecule has 24 heavy (non-hydrogen) atoms. The Labute approximate surface area is 143 Å². The van der Waals surface area contributed by atoms with Gasteiger partial charge in [0.2, 0.25) is 5.88 Å². The summed E-state index contributed by atoms with van der Waals surface area (Å²) < 4.78 is 6.10. The molecule has 1 saturated heterocycles. The zero-order valence-electron chi connectivity index (χ0n) is 13.4. The average molecular weight is 339 g/mol. The van der Waals surface area contributed by atoms with Crippen molar-refractivity contribution in [1.29, 1.82) is 0 Å². The van der Waals surface area contributed by atoms with E-state index in [0.717, 1.165) is 52.3 Å². The molecule has 1 aliphatic heterocycles. The molecular weight excluding hydrogens is 322 g/mol. The lowest BCUT2D eigenvalue weighted by Gasteiger charge is -2.14. The van der Waals surface area contributed by atoms with Crippen LogP contribution >= 0.6 is 11.3 Å². The van der Waals surface area contributed by atoms with Gasteiger partial charge in [0.1, 0.15) is 5.01 Å². The smallest absolute Gasteiger partial charge is 0.253 e. The van der Waals surface area contributed by atoms with Gasteiger partial charge in [0.05, 0.1) is 17.3 Å². The van der Waals surface area contributed by atoms with Crippen molar-refractivity contribution in [2.75, 3.05) is 20.2 Å². The molecular formula is C18H17N3O2S. The van der Waals surface area contributed by atoms with Crippen molar-refractivity contribution in [2.45, 2.75) is 12.8 Å². The van der Waals surface area contributed by atoms with Crippen LogP contribution in [0.1, 0.15) is 23.2 Å². The number of likely N-dealkylation sites (tertiary alicyclic amines) is 1. The maximum absolute atomic E-state index is 12.5. The number of pyridine rings is 1. The first-order valence-electron chi connectivity index (χ1n) is 7.95. The molecule has 1 aliphatic rings. The van der Waals surface area contributed by atoms with Gasteiger partial charge in [0.25, 0.3) is 5.91 Å². The van der Waals surface area contributed by atoms with E-state index in [1.54, 1.807) is 24.6 Å². The Morgan fingerprint density at radius 1 is 1.21 bits per heavy atom. The molecule has 0 atom stereocenters.